The first-order chi connectivity index (χ1) is 11.3. The van der Waals surface area contributed by atoms with E-state index >= 15 is 0 Å². The number of nitrogens with zero attached hydrogens (tertiary/aromatic N) is 3. The van der Waals surface area contributed by atoms with Crippen LogP contribution in [0.15, 0.2) is 29.4 Å². The van der Waals surface area contributed by atoms with Gasteiger partial charge in [0.15, 0.2) is 11.0 Å². The molecule has 0 unspecified atom stereocenters. The Kier molecular flexibility index (Phi) is 5.87. The van der Waals surface area contributed by atoms with Crippen molar-refractivity contribution in [3.8, 4) is 11.4 Å². The second-order valence-electron chi connectivity index (χ2n) is 5.10. The number of aromatic nitrogens is 3. The quantitative estimate of drug-likeness (QED) is 0.807. The minimum Gasteiger partial charge on any atom is -0.346 e. The summed E-state index contributed by atoms with van der Waals surface area (Å²) in [5.41, 5.74) is 1.98. The fraction of sp³-hybridized carbons (Fsp3) is 0.400. The molecule has 5 nitrogen and oxygen atoms in total. The lowest BCUT2D eigenvalue weighted by Crippen LogP contribution is -2.34. The molecule has 2 aromatic rings. The lowest BCUT2D eigenvalue weighted by molar-refractivity contribution is -0.136. The second-order valence-corrected chi connectivity index (χ2v) is 6.04. The van der Waals surface area contributed by atoms with Gasteiger partial charge < -0.3 is 9.88 Å². The summed E-state index contributed by atoms with van der Waals surface area (Å²) in [5, 5.41) is 10.5. The Bertz CT molecular complexity index is 715. The van der Waals surface area contributed by atoms with E-state index in [1.807, 2.05) is 48.0 Å². The average Bonchev–Trinajstić information content (AvgIpc) is 2.93. The highest BCUT2D eigenvalue weighted by atomic mass is 32.2. The van der Waals surface area contributed by atoms with E-state index < -0.39 is 18.6 Å². The number of thioether (sulfide) groups is 1. The Morgan fingerprint density at radius 1 is 1.33 bits per heavy atom. The lowest BCUT2D eigenvalue weighted by Gasteiger charge is -2.09. The predicted octanol–water partition coefficient (Wildman–Crippen LogP) is 3.04. The molecule has 130 valence electrons. The summed E-state index contributed by atoms with van der Waals surface area (Å²) >= 11 is 1.06. The van der Waals surface area contributed by atoms with Crippen molar-refractivity contribution in [1.29, 1.82) is 0 Å². The molecule has 1 aromatic carbocycles. The molecule has 0 atom stereocenters. The number of benzene rings is 1. The van der Waals surface area contributed by atoms with Gasteiger partial charge in [0.2, 0.25) is 5.91 Å². The Hall–Kier alpha value is -2.03. The summed E-state index contributed by atoms with van der Waals surface area (Å²) in [5.74, 6) is -0.179. The number of rotatable bonds is 6. The van der Waals surface area contributed by atoms with E-state index in [9.17, 15) is 18.0 Å². The van der Waals surface area contributed by atoms with Gasteiger partial charge in [-0.2, -0.15) is 13.2 Å². The van der Waals surface area contributed by atoms with E-state index in [1.54, 1.807) is 0 Å². The number of alkyl halides is 3. The van der Waals surface area contributed by atoms with Gasteiger partial charge in [-0.3, -0.25) is 4.79 Å². The van der Waals surface area contributed by atoms with Crippen LogP contribution in [-0.4, -0.2) is 39.1 Å². The maximum absolute atomic E-state index is 12.1. The molecule has 1 heterocycles. The zero-order valence-corrected chi connectivity index (χ0v) is 14.0. The number of halogens is 3. The van der Waals surface area contributed by atoms with Crippen LogP contribution in [0.1, 0.15) is 12.5 Å². The molecule has 0 fully saturated rings. The van der Waals surface area contributed by atoms with Crippen LogP contribution in [0.3, 0.4) is 0 Å². The van der Waals surface area contributed by atoms with Crippen LogP contribution in [0, 0.1) is 6.92 Å². The highest BCUT2D eigenvalue weighted by molar-refractivity contribution is 7.99. The number of hydrogen-bond acceptors (Lipinski definition) is 4. The Labute approximate surface area is 141 Å². The summed E-state index contributed by atoms with van der Waals surface area (Å²) < 4.78 is 38.1. The van der Waals surface area contributed by atoms with Crippen molar-refractivity contribution < 1.29 is 18.0 Å². The van der Waals surface area contributed by atoms with Crippen molar-refractivity contribution in [3.05, 3.63) is 29.8 Å². The molecule has 0 aliphatic carbocycles. The van der Waals surface area contributed by atoms with E-state index in [0.29, 0.717) is 17.5 Å². The third-order valence-corrected chi connectivity index (χ3v) is 4.09. The molecule has 1 amide bonds. The summed E-state index contributed by atoms with van der Waals surface area (Å²) in [6.07, 6.45) is -4.41. The van der Waals surface area contributed by atoms with Crippen molar-refractivity contribution in [2.24, 2.45) is 0 Å². The van der Waals surface area contributed by atoms with Crippen LogP contribution in [0.5, 0.6) is 0 Å². The van der Waals surface area contributed by atoms with Crippen molar-refractivity contribution in [2.45, 2.75) is 31.7 Å². The van der Waals surface area contributed by atoms with Crippen LogP contribution < -0.4 is 5.32 Å². The highest BCUT2D eigenvalue weighted by Crippen LogP contribution is 2.24. The maximum Gasteiger partial charge on any atom is 0.405 e. The maximum atomic E-state index is 12.1. The molecule has 9 heteroatoms. The molecular formula is C15H17F3N4OS. The van der Waals surface area contributed by atoms with Crippen molar-refractivity contribution in [3.63, 3.8) is 0 Å². The predicted molar refractivity (Wildman–Crippen MR) is 85.7 cm³/mol. The average molecular weight is 358 g/mol. The summed E-state index contributed by atoms with van der Waals surface area (Å²) in [6.45, 7) is 3.14. The fourth-order valence-corrected chi connectivity index (χ4v) is 2.89. The third kappa shape index (κ3) is 4.98. The Morgan fingerprint density at radius 3 is 2.71 bits per heavy atom. The number of aryl methyl sites for hydroxylation is 1. The number of carbonyl (C=O) groups excluding carboxylic acids is 1. The van der Waals surface area contributed by atoms with E-state index in [4.69, 9.17) is 0 Å². The summed E-state index contributed by atoms with van der Waals surface area (Å²) in [4.78, 5) is 11.5. The van der Waals surface area contributed by atoms with E-state index in [1.165, 1.54) is 0 Å². The van der Waals surface area contributed by atoms with Crippen LogP contribution in [0.4, 0.5) is 13.2 Å². The molecule has 0 saturated carbocycles. The van der Waals surface area contributed by atoms with Crippen LogP contribution in [0.2, 0.25) is 0 Å². The smallest absolute Gasteiger partial charge is 0.346 e. The van der Waals surface area contributed by atoms with Gasteiger partial charge in [-0.15, -0.1) is 10.2 Å². The van der Waals surface area contributed by atoms with E-state index in [-0.39, 0.29) is 5.75 Å². The first kappa shape index (κ1) is 18.3. The van der Waals surface area contributed by atoms with E-state index in [2.05, 4.69) is 10.2 Å². The molecule has 1 aromatic heterocycles. The highest BCUT2D eigenvalue weighted by Gasteiger charge is 2.27. The van der Waals surface area contributed by atoms with Gasteiger partial charge in [0.1, 0.15) is 6.54 Å². The monoisotopic (exact) mass is 358 g/mol. The number of carbonyl (C=O) groups is 1. The molecule has 1 N–H and O–H groups in total. The fourth-order valence-electron chi connectivity index (χ4n) is 2.06. The zero-order chi connectivity index (χ0) is 17.7. The number of amides is 1. The van der Waals surface area contributed by atoms with Crippen LogP contribution in [0.25, 0.3) is 11.4 Å². The number of hydrogen-bond donors (Lipinski definition) is 1. The lowest BCUT2D eigenvalue weighted by atomic mass is 10.1. The van der Waals surface area contributed by atoms with Gasteiger partial charge in [0, 0.05) is 12.1 Å². The standard InChI is InChI=1S/C15H17F3N4OS/c1-3-22-13(11-6-4-5-10(2)7-11)20-21-14(22)24-8-12(23)19-9-15(16,17)18/h4-7H,3,8-9H2,1-2H3,(H,19,23). The molecule has 0 spiro atoms. The molecule has 0 aliphatic rings. The van der Waals surface area contributed by atoms with Gasteiger partial charge in [-0.05, 0) is 19.9 Å². The van der Waals surface area contributed by atoms with Crippen molar-refractivity contribution in [1.82, 2.24) is 20.1 Å². The first-order valence-corrected chi connectivity index (χ1v) is 8.25. The van der Waals surface area contributed by atoms with E-state index in [0.717, 1.165) is 22.9 Å². The van der Waals surface area contributed by atoms with Crippen LogP contribution in [-0.2, 0) is 11.3 Å². The summed E-state index contributed by atoms with van der Waals surface area (Å²) in [6, 6.07) is 7.77. The normalized spacial score (nSPS) is 11.5. The molecule has 0 aliphatic heterocycles. The molecule has 0 bridgehead atoms. The largest absolute Gasteiger partial charge is 0.405 e. The van der Waals surface area contributed by atoms with Crippen molar-refractivity contribution >= 4 is 17.7 Å². The molecule has 0 saturated heterocycles. The summed E-state index contributed by atoms with van der Waals surface area (Å²) in [7, 11) is 0. The third-order valence-electron chi connectivity index (χ3n) is 3.13. The minimum absolute atomic E-state index is 0.151. The van der Waals surface area contributed by atoms with Gasteiger partial charge in [0.25, 0.3) is 0 Å². The van der Waals surface area contributed by atoms with Crippen molar-refractivity contribution in [2.75, 3.05) is 12.3 Å². The number of nitrogens with one attached hydrogen (secondary N) is 1. The molecule has 24 heavy (non-hydrogen) atoms. The second kappa shape index (κ2) is 7.69. The molecular weight excluding hydrogens is 341 g/mol. The van der Waals surface area contributed by atoms with Crippen LogP contribution >= 0.6 is 11.8 Å². The Morgan fingerprint density at radius 2 is 2.08 bits per heavy atom. The van der Waals surface area contributed by atoms with Gasteiger partial charge in [0.05, 0.1) is 5.75 Å². The molecule has 2 rings (SSSR count). The zero-order valence-electron chi connectivity index (χ0n) is 13.2. The first-order valence-electron chi connectivity index (χ1n) is 7.26. The minimum atomic E-state index is -4.41. The van der Waals surface area contributed by atoms with Gasteiger partial charge in [-0.25, -0.2) is 0 Å². The van der Waals surface area contributed by atoms with Gasteiger partial charge >= 0.3 is 6.18 Å². The SMILES string of the molecule is CCn1c(SCC(=O)NCC(F)(F)F)nnc1-c1cccc(C)c1. The van der Waals surface area contributed by atoms with Gasteiger partial charge in [-0.1, -0.05) is 35.5 Å². The topological polar surface area (TPSA) is 59.8 Å². The molecule has 0 radical (unpaired) electrons. The Balaban J connectivity index is 2.06.